The van der Waals surface area contributed by atoms with E-state index in [0.29, 0.717) is 12.5 Å². The minimum absolute atomic E-state index is 0.475. The molecular weight excluding hydrogens is 234 g/mol. The van der Waals surface area contributed by atoms with Gasteiger partial charge in [0.05, 0.1) is 11.4 Å². The summed E-state index contributed by atoms with van der Waals surface area (Å²) in [6, 6.07) is 6.66. The predicted octanol–water partition coefficient (Wildman–Crippen LogP) is 3.29. The molecule has 0 aliphatic rings. The molecule has 1 aromatic carbocycles. The van der Waals surface area contributed by atoms with Crippen LogP contribution in [0.5, 0.6) is 0 Å². The summed E-state index contributed by atoms with van der Waals surface area (Å²) in [6.45, 7) is 9.06. The van der Waals surface area contributed by atoms with Crippen LogP contribution < -0.4 is 5.73 Å². The van der Waals surface area contributed by atoms with Gasteiger partial charge in [0.2, 0.25) is 0 Å². The first-order chi connectivity index (χ1) is 8.95. The predicted molar refractivity (Wildman–Crippen MR) is 80.1 cm³/mol. The molecule has 0 fully saturated rings. The Bertz CT molecular complexity index is 594. The number of aromatic nitrogens is 2. The Kier molecular flexibility index (Phi) is 3.76. The molecule has 0 bridgehead atoms. The van der Waals surface area contributed by atoms with Crippen LogP contribution in [-0.2, 0) is 13.6 Å². The van der Waals surface area contributed by atoms with Crippen molar-refractivity contribution in [3.63, 3.8) is 0 Å². The first kappa shape index (κ1) is 13.8. The van der Waals surface area contributed by atoms with Gasteiger partial charge in [0.25, 0.3) is 0 Å². The van der Waals surface area contributed by atoms with E-state index in [-0.39, 0.29) is 0 Å². The van der Waals surface area contributed by atoms with Crippen LogP contribution >= 0.6 is 0 Å². The van der Waals surface area contributed by atoms with Gasteiger partial charge in [0.1, 0.15) is 5.82 Å². The normalized spacial score (nSPS) is 11.3. The smallest absolute Gasteiger partial charge is 0.106 e. The Morgan fingerprint density at radius 1 is 1.26 bits per heavy atom. The van der Waals surface area contributed by atoms with Gasteiger partial charge >= 0.3 is 0 Å². The van der Waals surface area contributed by atoms with Crippen molar-refractivity contribution in [1.82, 2.24) is 9.55 Å². The first-order valence-corrected chi connectivity index (χ1v) is 6.78. The van der Waals surface area contributed by atoms with E-state index in [1.165, 1.54) is 16.7 Å². The van der Waals surface area contributed by atoms with E-state index in [0.717, 1.165) is 17.2 Å². The maximum absolute atomic E-state index is 5.84. The van der Waals surface area contributed by atoms with Crippen molar-refractivity contribution in [3.05, 3.63) is 40.8 Å². The average Bonchev–Trinajstić information content (AvgIpc) is 2.66. The number of imidazole rings is 1. The van der Waals surface area contributed by atoms with Crippen molar-refractivity contribution < 1.29 is 0 Å². The molecule has 0 atom stereocenters. The van der Waals surface area contributed by atoms with E-state index in [1.54, 1.807) is 0 Å². The first-order valence-electron chi connectivity index (χ1n) is 6.78. The zero-order chi connectivity index (χ0) is 14.2. The van der Waals surface area contributed by atoms with E-state index in [9.17, 15) is 0 Å². The average molecular weight is 257 g/mol. The van der Waals surface area contributed by atoms with Gasteiger partial charge in [0.15, 0.2) is 0 Å². The van der Waals surface area contributed by atoms with Crippen molar-refractivity contribution >= 4 is 0 Å². The summed E-state index contributed by atoms with van der Waals surface area (Å²) in [4.78, 5) is 4.56. The molecule has 2 rings (SSSR count). The van der Waals surface area contributed by atoms with Crippen molar-refractivity contribution in [2.75, 3.05) is 0 Å². The lowest BCUT2D eigenvalue weighted by Crippen LogP contribution is -2.02. The van der Waals surface area contributed by atoms with Crippen LogP contribution in [0.1, 0.15) is 42.4 Å². The van der Waals surface area contributed by atoms with Crippen LogP contribution in [0, 0.1) is 13.8 Å². The molecule has 0 amide bonds. The molecule has 2 N–H and O–H groups in total. The Balaban J connectivity index is 2.67. The molecule has 102 valence electrons. The molecule has 0 saturated heterocycles. The fraction of sp³-hybridized carbons (Fsp3) is 0.438. The Hall–Kier alpha value is -1.61. The highest BCUT2D eigenvalue weighted by atomic mass is 15.1. The third-order valence-electron chi connectivity index (χ3n) is 3.77. The van der Waals surface area contributed by atoms with Crippen LogP contribution in [0.4, 0.5) is 0 Å². The zero-order valence-corrected chi connectivity index (χ0v) is 12.5. The fourth-order valence-electron chi connectivity index (χ4n) is 2.41. The molecule has 3 nitrogen and oxygen atoms in total. The number of nitrogens with two attached hydrogens (primary N) is 1. The van der Waals surface area contributed by atoms with Gasteiger partial charge in [-0.1, -0.05) is 26.0 Å². The Labute approximate surface area is 115 Å². The SMILES string of the molecule is Cc1ccc(C(C)C)cc1-c1c(CN)nc(C)n1C. The maximum atomic E-state index is 5.84. The molecule has 0 spiro atoms. The highest BCUT2D eigenvalue weighted by Gasteiger charge is 2.15. The van der Waals surface area contributed by atoms with Crippen LogP contribution in [0.15, 0.2) is 18.2 Å². The lowest BCUT2D eigenvalue weighted by Gasteiger charge is -2.13. The van der Waals surface area contributed by atoms with Crippen LogP contribution in [0.3, 0.4) is 0 Å². The number of hydrogen-bond acceptors (Lipinski definition) is 2. The summed E-state index contributed by atoms with van der Waals surface area (Å²) in [5, 5.41) is 0. The molecule has 0 aliphatic heterocycles. The highest BCUT2D eigenvalue weighted by Crippen LogP contribution is 2.30. The molecule has 2 aromatic rings. The summed E-state index contributed by atoms with van der Waals surface area (Å²) in [6.07, 6.45) is 0. The summed E-state index contributed by atoms with van der Waals surface area (Å²) in [7, 11) is 2.05. The summed E-state index contributed by atoms with van der Waals surface area (Å²) in [5.41, 5.74) is 11.8. The molecule has 1 heterocycles. The van der Waals surface area contributed by atoms with Gasteiger partial charge < -0.3 is 10.3 Å². The van der Waals surface area contributed by atoms with Gasteiger partial charge in [-0.2, -0.15) is 0 Å². The van der Waals surface area contributed by atoms with E-state index in [1.807, 2.05) is 6.92 Å². The van der Waals surface area contributed by atoms with E-state index < -0.39 is 0 Å². The molecule has 1 aromatic heterocycles. The van der Waals surface area contributed by atoms with Crippen molar-refractivity contribution in [2.45, 2.75) is 40.2 Å². The topological polar surface area (TPSA) is 43.8 Å². The number of nitrogens with zero attached hydrogens (tertiary/aromatic N) is 2. The lowest BCUT2D eigenvalue weighted by molar-refractivity contribution is 0.856. The van der Waals surface area contributed by atoms with Gasteiger partial charge in [-0.3, -0.25) is 0 Å². The molecule has 0 aliphatic carbocycles. The van der Waals surface area contributed by atoms with E-state index >= 15 is 0 Å². The third-order valence-corrected chi connectivity index (χ3v) is 3.77. The van der Waals surface area contributed by atoms with Gasteiger partial charge in [0, 0.05) is 19.2 Å². The molecule has 3 heteroatoms. The molecular formula is C16H23N3. The second-order valence-corrected chi connectivity index (χ2v) is 5.45. The number of rotatable bonds is 3. The van der Waals surface area contributed by atoms with Crippen molar-refractivity contribution in [2.24, 2.45) is 12.8 Å². The van der Waals surface area contributed by atoms with Gasteiger partial charge in [-0.05, 0) is 37.0 Å². The largest absolute Gasteiger partial charge is 0.331 e. The van der Waals surface area contributed by atoms with Crippen molar-refractivity contribution in [3.8, 4) is 11.3 Å². The second kappa shape index (κ2) is 5.17. The highest BCUT2D eigenvalue weighted by molar-refractivity contribution is 5.68. The summed E-state index contributed by atoms with van der Waals surface area (Å²) in [5.74, 6) is 1.53. The lowest BCUT2D eigenvalue weighted by atomic mass is 9.95. The van der Waals surface area contributed by atoms with Crippen LogP contribution in [0.25, 0.3) is 11.3 Å². The van der Waals surface area contributed by atoms with E-state index in [4.69, 9.17) is 5.73 Å². The van der Waals surface area contributed by atoms with Gasteiger partial charge in [-0.25, -0.2) is 4.98 Å². The third kappa shape index (κ3) is 2.43. The Morgan fingerprint density at radius 3 is 2.53 bits per heavy atom. The molecule has 0 unspecified atom stereocenters. The summed E-state index contributed by atoms with van der Waals surface area (Å²) >= 11 is 0. The maximum Gasteiger partial charge on any atom is 0.106 e. The van der Waals surface area contributed by atoms with Crippen LogP contribution in [-0.4, -0.2) is 9.55 Å². The van der Waals surface area contributed by atoms with Gasteiger partial charge in [-0.15, -0.1) is 0 Å². The number of hydrogen-bond donors (Lipinski definition) is 1. The van der Waals surface area contributed by atoms with E-state index in [2.05, 4.69) is 55.6 Å². The second-order valence-electron chi connectivity index (χ2n) is 5.45. The fourth-order valence-corrected chi connectivity index (χ4v) is 2.41. The number of benzene rings is 1. The number of aryl methyl sites for hydroxylation is 2. The molecule has 0 saturated carbocycles. The van der Waals surface area contributed by atoms with Crippen LogP contribution in [0.2, 0.25) is 0 Å². The van der Waals surface area contributed by atoms with Crippen molar-refractivity contribution in [1.29, 1.82) is 0 Å². The quantitative estimate of drug-likeness (QED) is 0.917. The zero-order valence-electron chi connectivity index (χ0n) is 12.5. The Morgan fingerprint density at radius 2 is 1.95 bits per heavy atom. The minimum Gasteiger partial charge on any atom is -0.331 e. The standard InChI is InChI=1S/C16H23N3/c1-10(2)13-7-6-11(3)14(8-13)16-15(9-17)18-12(4)19(16)5/h6-8,10H,9,17H2,1-5H3. The molecule has 0 radical (unpaired) electrons. The monoisotopic (exact) mass is 257 g/mol. The summed E-state index contributed by atoms with van der Waals surface area (Å²) < 4.78 is 2.13. The minimum atomic E-state index is 0.475. The molecule has 19 heavy (non-hydrogen) atoms.